The van der Waals surface area contributed by atoms with E-state index in [2.05, 4.69) is 28.2 Å². The molecule has 0 saturated heterocycles. The van der Waals surface area contributed by atoms with Crippen molar-refractivity contribution in [3.05, 3.63) is 36.4 Å². The second kappa shape index (κ2) is 6.19. The molecule has 0 aromatic carbocycles. The number of imidazole rings is 2. The van der Waals surface area contributed by atoms with Crippen molar-refractivity contribution < 1.29 is 5.11 Å². The Morgan fingerprint density at radius 1 is 0.812 bits per heavy atom. The number of aliphatic hydroxyl groups is 1. The Morgan fingerprint density at radius 3 is 1.66 bits per heavy atom. The maximum atomic E-state index is 10.3. The van der Waals surface area contributed by atoms with Gasteiger partial charge in [0.25, 0.3) is 0 Å². The van der Waals surface area contributed by atoms with Gasteiger partial charge in [0.05, 0.1) is 5.60 Å². The first-order valence-electron chi connectivity index (χ1n) is 11.1. The number of nitrogens with two attached hydrogens (primary N) is 2. The fraction of sp³-hybridized carbons (Fsp3) is 0.478. The number of hydrogen-bond acceptors (Lipinski definition) is 7. The average molecular weight is 433 g/mol. The lowest BCUT2D eigenvalue weighted by molar-refractivity contribution is -0.0335. The molecule has 0 atom stereocenters. The van der Waals surface area contributed by atoms with Gasteiger partial charge in [-0.05, 0) is 38.0 Å². The quantitative estimate of drug-likeness (QED) is 0.453. The molecule has 0 radical (unpaired) electrons. The minimum Gasteiger partial charge on any atom is -0.390 e. The van der Waals surface area contributed by atoms with E-state index in [1.807, 2.05) is 23.7 Å². The second-order valence-electron chi connectivity index (χ2n) is 10.6. The third-order valence-electron chi connectivity index (χ3n) is 7.15. The Balaban J connectivity index is 1.58. The van der Waals surface area contributed by atoms with E-state index in [1.54, 1.807) is 12.4 Å². The SMILES string of the molecule is CC1(C)CC(c2nc(-c3nc(C4CC(C)(O)C4)n4ccnc(N)c34)c3c(N)nccn23)C1. The van der Waals surface area contributed by atoms with Gasteiger partial charge in [0.15, 0.2) is 0 Å². The molecule has 5 N–H and O–H groups in total. The molecule has 2 fully saturated rings. The Morgan fingerprint density at radius 2 is 1.25 bits per heavy atom. The molecular weight excluding hydrogens is 404 g/mol. The zero-order valence-corrected chi connectivity index (χ0v) is 18.6. The van der Waals surface area contributed by atoms with Gasteiger partial charge in [0, 0.05) is 36.6 Å². The monoisotopic (exact) mass is 432 g/mol. The Labute approximate surface area is 185 Å². The molecule has 2 aliphatic rings. The molecule has 0 aliphatic heterocycles. The summed E-state index contributed by atoms with van der Waals surface area (Å²) in [5.74, 6) is 3.16. The molecule has 166 valence electrons. The summed E-state index contributed by atoms with van der Waals surface area (Å²) in [6.45, 7) is 6.42. The van der Waals surface area contributed by atoms with Crippen LogP contribution < -0.4 is 11.5 Å². The van der Waals surface area contributed by atoms with Crippen molar-refractivity contribution in [2.24, 2.45) is 5.41 Å². The summed E-state index contributed by atoms with van der Waals surface area (Å²) >= 11 is 0. The fourth-order valence-corrected chi connectivity index (χ4v) is 5.72. The number of anilines is 2. The van der Waals surface area contributed by atoms with Gasteiger partial charge in [-0.2, -0.15) is 0 Å². The molecule has 32 heavy (non-hydrogen) atoms. The number of aromatic nitrogens is 6. The molecule has 2 aliphatic carbocycles. The molecule has 0 unspecified atom stereocenters. The maximum absolute atomic E-state index is 10.3. The zero-order chi connectivity index (χ0) is 22.4. The summed E-state index contributed by atoms with van der Waals surface area (Å²) in [6, 6.07) is 0. The number of rotatable bonds is 3. The summed E-state index contributed by atoms with van der Waals surface area (Å²) in [4.78, 5) is 18.7. The molecule has 4 aromatic heterocycles. The first-order chi connectivity index (χ1) is 15.1. The smallest absolute Gasteiger partial charge is 0.150 e. The van der Waals surface area contributed by atoms with Crippen LogP contribution in [0.3, 0.4) is 0 Å². The van der Waals surface area contributed by atoms with E-state index >= 15 is 0 Å². The van der Waals surface area contributed by atoms with Crippen molar-refractivity contribution in [3.8, 4) is 11.4 Å². The highest BCUT2D eigenvalue weighted by atomic mass is 16.3. The van der Waals surface area contributed by atoms with Crippen molar-refractivity contribution in [1.29, 1.82) is 0 Å². The van der Waals surface area contributed by atoms with Crippen molar-refractivity contribution in [2.45, 2.75) is 63.9 Å². The summed E-state index contributed by atoms with van der Waals surface area (Å²) < 4.78 is 4.05. The van der Waals surface area contributed by atoms with Crippen molar-refractivity contribution in [1.82, 2.24) is 28.7 Å². The molecule has 9 nitrogen and oxygen atoms in total. The zero-order valence-electron chi connectivity index (χ0n) is 18.6. The molecular formula is C23H28N8O. The van der Waals surface area contributed by atoms with Gasteiger partial charge in [-0.3, -0.25) is 8.80 Å². The topological polar surface area (TPSA) is 133 Å². The van der Waals surface area contributed by atoms with E-state index in [9.17, 15) is 5.11 Å². The molecule has 2 saturated carbocycles. The predicted molar refractivity (Wildman–Crippen MR) is 122 cm³/mol. The fourth-order valence-electron chi connectivity index (χ4n) is 5.72. The maximum Gasteiger partial charge on any atom is 0.150 e. The van der Waals surface area contributed by atoms with Crippen LogP contribution in [0.5, 0.6) is 0 Å². The van der Waals surface area contributed by atoms with Crippen molar-refractivity contribution >= 4 is 22.7 Å². The van der Waals surface area contributed by atoms with E-state index in [4.69, 9.17) is 21.4 Å². The highest BCUT2D eigenvalue weighted by molar-refractivity contribution is 5.93. The van der Waals surface area contributed by atoms with Gasteiger partial charge < -0.3 is 16.6 Å². The number of nitrogens with zero attached hydrogens (tertiary/aromatic N) is 6. The summed E-state index contributed by atoms with van der Waals surface area (Å²) in [6.07, 6.45) is 10.6. The van der Waals surface area contributed by atoms with E-state index in [1.165, 1.54) is 0 Å². The van der Waals surface area contributed by atoms with Crippen LogP contribution in [0.15, 0.2) is 24.8 Å². The molecule has 0 amide bonds. The summed E-state index contributed by atoms with van der Waals surface area (Å²) in [5, 5.41) is 10.3. The van der Waals surface area contributed by atoms with Gasteiger partial charge in [-0.15, -0.1) is 0 Å². The lowest BCUT2D eigenvalue weighted by atomic mass is 9.64. The van der Waals surface area contributed by atoms with Crippen LogP contribution >= 0.6 is 0 Å². The summed E-state index contributed by atoms with van der Waals surface area (Å²) in [7, 11) is 0. The lowest BCUT2D eigenvalue weighted by Crippen LogP contribution is -2.40. The van der Waals surface area contributed by atoms with Crippen LogP contribution in [-0.2, 0) is 0 Å². The van der Waals surface area contributed by atoms with Crippen LogP contribution in [0.2, 0.25) is 0 Å². The Hall–Kier alpha value is -3.20. The van der Waals surface area contributed by atoms with Gasteiger partial charge in [0.1, 0.15) is 45.7 Å². The van der Waals surface area contributed by atoms with Gasteiger partial charge in [-0.1, -0.05) is 13.8 Å². The van der Waals surface area contributed by atoms with Crippen molar-refractivity contribution in [3.63, 3.8) is 0 Å². The number of nitrogen functional groups attached to an aromatic ring is 2. The van der Waals surface area contributed by atoms with E-state index in [-0.39, 0.29) is 5.92 Å². The standard InChI is InChI=1S/C23H28N8O/c1-22(2)8-12(9-22)20-28-14(16-18(24)26-4-6-30(16)20)15-17-19(25)27-5-7-31(17)21(29-15)13-10-23(3,32)11-13/h4-7,12-13,32H,8-11H2,1-3H3,(H2,24,26)(H2,25,27). The van der Waals surface area contributed by atoms with Crippen LogP contribution in [0, 0.1) is 5.41 Å². The van der Waals surface area contributed by atoms with Crippen LogP contribution in [0.4, 0.5) is 11.6 Å². The largest absolute Gasteiger partial charge is 0.390 e. The highest BCUT2D eigenvalue weighted by Crippen LogP contribution is 2.51. The Kier molecular flexibility index (Phi) is 3.77. The highest BCUT2D eigenvalue weighted by Gasteiger charge is 2.43. The van der Waals surface area contributed by atoms with E-state index in [0.717, 1.165) is 35.5 Å². The molecule has 6 rings (SSSR count). The molecule has 4 aromatic rings. The first-order valence-corrected chi connectivity index (χ1v) is 11.1. The van der Waals surface area contributed by atoms with E-state index in [0.29, 0.717) is 47.2 Å². The third-order valence-corrected chi connectivity index (χ3v) is 7.15. The van der Waals surface area contributed by atoms with Crippen LogP contribution in [0.25, 0.3) is 22.4 Å². The minimum atomic E-state index is -0.658. The first kappa shape index (κ1) is 19.5. The Bertz CT molecular complexity index is 1260. The van der Waals surface area contributed by atoms with Crippen LogP contribution in [-0.4, -0.2) is 39.4 Å². The van der Waals surface area contributed by atoms with E-state index < -0.39 is 5.60 Å². The number of fused-ring (bicyclic) bond motifs is 2. The van der Waals surface area contributed by atoms with Gasteiger partial charge in [-0.25, -0.2) is 19.9 Å². The molecule has 0 spiro atoms. The molecule has 0 bridgehead atoms. The molecule has 4 heterocycles. The normalized spacial score (nSPS) is 25.2. The minimum absolute atomic E-state index is 0.143. The second-order valence-corrected chi connectivity index (χ2v) is 10.6. The molecule has 9 heteroatoms. The van der Waals surface area contributed by atoms with Gasteiger partial charge in [0.2, 0.25) is 0 Å². The lowest BCUT2D eigenvalue weighted by Gasteiger charge is -2.41. The third kappa shape index (κ3) is 2.73. The average Bonchev–Trinajstić information content (AvgIpc) is 3.24. The van der Waals surface area contributed by atoms with Crippen molar-refractivity contribution in [2.75, 3.05) is 11.5 Å². The number of hydrogen-bond donors (Lipinski definition) is 3. The summed E-state index contributed by atoms with van der Waals surface area (Å²) in [5.41, 5.74) is 15.2. The van der Waals surface area contributed by atoms with Crippen LogP contribution in [0.1, 0.15) is 69.9 Å². The predicted octanol–water partition coefficient (Wildman–Crippen LogP) is 3.14. The van der Waals surface area contributed by atoms with Gasteiger partial charge >= 0.3 is 0 Å².